The van der Waals surface area contributed by atoms with E-state index >= 15 is 0 Å². The third-order valence-electron chi connectivity index (χ3n) is 3.03. The van der Waals surface area contributed by atoms with Crippen LogP contribution in [0.5, 0.6) is 0 Å². The van der Waals surface area contributed by atoms with Crippen LogP contribution in [0.3, 0.4) is 0 Å². The van der Waals surface area contributed by atoms with Crippen LogP contribution in [0, 0.1) is 0 Å². The Morgan fingerprint density at radius 2 is 2.05 bits per heavy atom. The van der Waals surface area contributed by atoms with Gasteiger partial charge in [0.15, 0.2) is 5.69 Å². The van der Waals surface area contributed by atoms with Crippen LogP contribution in [0.2, 0.25) is 0 Å². The molecule has 0 saturated heterocycles. The first-order valence-electron chi connectivity index (χ1n) is 6.08. The monoisotopic (exact) mass is 293 g/mol. The maximum Gasteiger partial charge on any atom is 0.272 e. The lowest BCUT2D eigenvalue weighted by molar-refractivity contribution is 0.0950. The van der Waals surface area contributed by atoms with Gasteiger partial charge in [-0.1, -0.05) is 18.2 Å². The van der Waals surface area contributed by atoms with Crippen LogP contribution in [-0.2, 0) is 10.8 Å². The number of aromatic nitrogens is 2. The number of fused-ring (bicyclic) bond motifs is 1. The Hall–Kier alpha value is -2.02. The highest BCUT2D eigenvalue weighted by atomic mass is 32.2. The number of rotatable bonds is 4. The van der Waals surface area contributed by atoms with Crippen LogP contribution >= 0.6 is 0 Å². The minimum absolute atomic E-state index is 0.145. The predicted octanol–water partition coefficient (Wildman–Crippen LogP) is 0.420. The maximum atomic E-state index is 12.1. The zero-order valence-electron chi connectivity index (χ0n) is 11.2. The van der Waals surface area contributed by atoms with E-state index in [1.165, 1.54) is 0 Å². The molecule has 0 bridgehead atoms. The molecule has 0 radical (unpaired) electrons. The van der Waals surface area contributed by atoms with Gasteiger partial charge in [-0.15, -0.1) is 0 Å². The molecule has 0 saturated carbocycles. The summed E-state index contributed by atoms with van der Waals surface area (Å²) < 4.78 is 11.2. The number of nitrogens with one attached hydrogen (secondary N) is 2. The predicted molar refractivity (Wildman–Crippen MR) is 78.2 cm³/mol. The fourth-order valence-electron chi connectivity index (χ4n) is 1.73. The van der Waals surface area contributed by atoms with Gasteiger partial charge in [0.25, 0.3) is 11.5 Å². The standard InChI is InChI=1S/C13H15N3O3S/c1-8(20(2)19)7-14-13(18)11-9-5-3-4-6-10(9)12(17)16-15-11/h3-6,8H,7H2,1-2H3,(H,14,18)(H,16,17). The summed E-state index contributed by atoms with van der Waals surface area (Å²) in [6.07, 6.45) is 1.59. The molecular weight excluding hydrogens is 278 g/mol. The molecule has 2 atom stereocenters. The van der Waals surface area contributed by atoms with Gasteiger partial charge in [0, 0.05) is 34.2 Å². The maximum absolute atomic E-state index is 12.1. The first-order chi connectivity index (χ1) is 9.50. The lowest BCUT2D eigenvalue weighted by atomic mass is 10.1. The topological polar surface area (TPSA) is 91.9 Å². The Labute approximate surface area is 118 Å². The van der Waals surface area contributed by atoms with Crippen LogP contribution in [0.25, 0.3) is 10.8 Å². The largest absolute Gasteiger partial charge is 0.349 e. The van der Waals surface area contributed by atoms with Gasteiger partial charge in [-0.3, -0.25) is 13.8 Å². The summed E-state index contributed by atoms with van der Waals surface area (Å²) in [7, 11) is -1.01. The van der Waals surface area contributed by atoms with Gasteiger partial charge in [0.2, 0.25) is 0 Å². The van der Waals surface area contributed by atoms with Crippen molar-refractivity contribution in [1.82, 2.24) is 15.5 Å². The quantitative estimate of drug-likeness (QED) is 0.854. The highest BCUT2D eigenvalue weighted by molar-refractivity contribution is 7.84. The van der Waals surface area contributed by atoms with Gasteiger partial charge in [-0.05, 0) is 13.0 Å². The lowest BCUT2D eigenvalue weighted by Crippen LogP contribution is -2.33. The van der Waals surface area contributed by atoms with Gasteiger partial charge in [-0.25, -0.2) is 5.10 Å². The van der Waals surface area contributed by atoms with Gasteiger partial charge in [-0.2, -0.15) is 5.10 Å². The summed E-state index contributed by atoms with van der Waals surface area (Å²) in [5.41, 5.74) is -0.172. The zero-order chi connectivity index (χ0) is 14.7. The molecule has 0 aliphatic carbocycles. The van der Waals surface area contributed by atoms with Gasteiger partial charge in [0.1, 0.15) is 0 Å². The van der Waals surface area contributed by atoms with E-state index in [0.29, 0.717) is 10.8 Å². The summed E-state index contributed by atoms with van der Waals surface area (Å²) in [6.45, 7) is 2.08. The SMILES string of the molecule is CC(CNC(=O)c1n[nH]c(=O)c2ccccc12)S(C)=O. The molecule has 2 rings (SSSR count). The van der Waals surface area contributed by atoms with Crippen LogP contribution in [0.4, 0.5) is 0 Å². The molecule has 2 aromatic rings. The van der Waals surface area contributed by atoms with E-state index in [0.717, 1.165) is 0 Å². The number of H-pyrrole nitrogens is 1. The molecule has 1 aromatic heterocycles. The zero-order valence-corrected chi connectivity index (χ0v) is 12.0. The molecule has 106 valence electrons. The van der Waals surface area contributed by atoms with Crippen LogP contribution in [-0.4, -0.2) is 38.4 Å². The molecule has 2 N–H and O–H groups in total. The second-order valence-electron chi connectivity index (χ2n) is 4.47. The third kappa shape index (κ3) is 2.93. The van der Waals surface area contributed by atoms with Crippen molar-refractivity contribution in [2.75, 3.05) is 12.8 Å². The van der Waals surface area contributed by atoms with Crippen molar-refractivity contribution in [3.05, 3.63) is 40.3 Å². The van der Waals surface area contributed by atoms with E-state index in [4.69, 9.17) is 0 Å². The molecule has 0 aliphatic rings. The van der Waals surface area contributed by atoms with Gasteiger partial charge in [0.05, 0.1) is 5.39 Å². The number of amides is 1. The van der Waals surface area contributed by atoms with E-state index in [1.807, 2.05) is 0 Å². The summed E-state index contributed by atoms with van der Waals surface area (Å²) in [6, 6.07) is 6.77. The van der Waals surface area contributed by atoms with E-state index in [2.05, 4.69) is 15.5 Å². The molecule has 0 aliphatic heterocycles. The van der Waals surface area contributed by atoms with Crippen molar-refractivity contribution >= 4 is 27.5 Å². The molecule has 0 fully saturated rings. The third-order valence-corrected chi connectivity index (χ3v) is 4.33. The minimum atomic E-state index is -1.01. The summed E-state index contributed by atoms with van der Waals surface area (Å²) in [5.74, 6) is -0.394. The first kappa shape index (κ1) is 14.4. The average Bonchev–Trinajstić information content (AvgIpc) is 2.45. The molecular formula is C13H15N3O3S. The molecule has 6 nitrogen and oxygen atoms in total. The van der Waals surface area contributed by atoms with Crippen LogP contribution < -0.4 is 10.9 Å². The molecule has 1 heterocycles. The highest BCUT2D eigenvalue weighted by Gasteiger charge is 2.15. The number of hydrogen-bond donors (Lipinski definition) is 2. The summed E-state index contributed by atoms with van der Waals surface area (Å²) >= 11 is 0. The van der Waals surface area contributed by atoms with Crippen LogP contribution in [0.1, 0.15) is 17.4 Å². The molecule has 20 heavy (non-hydrogen) atoms. The Balaban J connectivity index is 2.29. The fraction of sp³-hybridized carbons (Fsp3) is 0.308. The molecule has 2 unspecified atom stereocenters. The highest BCUT2D eigenvalue weighted by Crippen LogP contribution is 2.12. The number of hydrogen-bond acceptors (Lipinski definition) is 4. The first-order valence-corrected chi connectivity index (χ1v) is 7.70. The van der Waals surface area contributed by atoms with Crippen molar-refractivity contribution in [3.63, 3.8) is 0 Å². The number of carbonyl (C=O) groups is 1. The van der Waals surface area contributed by atoms with Crippen LogP contribution in [0.15, 0.2) is 29.1 Å². The van der Waals surface area contributed by atoms with Gasteiger partial charge >= 0.3 is 0 Å². The van der Waals surface area contributed by atoms with Crippen molar-refractivity contribution in [1.29, 1.82) is 0 Å². The number of carbonyl (C=O) groups excluding carboxylic acids is 1. The lowest BCUT2D eigenvalue weighted by Gasteiger charge is -2.10. The van der Waals surface area contributed by atoms with E-state index < -0.39 is 16.7 Å². The minimum Gasteiger partial charge on any atom is -0.349 e. The smallest absolute Gasteiger partial charge is 0.272 e. The Morgan fingerprint density at radius 1 is 1.40 bits per heavy atom. The van der Waals surface area contributed by atoms with Crippen molar-refractivity contribution in [3.8, 4) is 0 Å². The molecule has 1 aromatic carbocycles. The van der Waals surface area contributed by atoms with Gasteiger partial charge < -0.3 is 5.32 Å². The van der Waals surface area contributed by atoms with Crippen molar-refractivity contribution < 1.29 is 9.00 Å². The van der Waals surface area contributed by atoms with Crippen molar-refractivity contribution in [2.45, 2.75) is 12.2 Å². The second kappa shape index (κ2) is 5.96. The van der Waals surface area contributed by atoms with E-state index in [9.17, 15) is 13.8 Å². The summed E-state index contributed by atoms with van der Waals surface area (Å²) in [5, 5.41) is 9.56. The van der Waals surface area contributed by atoms with E-state index in [1.54, 1.807) is 37.4 Å². The van der Waals surface area contributed by atoms with Crippen molar-refractivity contribution in [2.24, 2.45) is 0 Å². The molecule has 1 amide bonds. The number of aromatic amines is 1. The normalized spacial score (nSPS) is 13.9. The second-order valence-corrected chi connectivity index (χ2v) is 6.27. The van der Waals surface area contributed by atoms with E-state index in [-0.39, 0.29) is 23.0 Å². The molecule has 7 heteroatoms. The average molecular weight is 293 g/mol. The number of benzene rings is 1. The Bertz CT molecular complexity index is 726. The Kier molecular flexibility index (Phi) is 4.29. The fourth-order valence-corrected chi connectivity index (χ4v) is 2.04. The Morgan fingerprint density at radius 3 is 2.70 bits per heavy atom. The number of nitrogens with zero attached hydrogens (tertiary/aromatic N) is 1. The summed E-state index contributed by atoms with van der Waals surface area (Å²) in [4.78, 5) is 23.7. The molecule has 0 spiro atoms.